The largest absolute Gasteiger partial charge is 0.497 e. The van der Waals surface area contributed by atoms with Crippen LogP contribution in [0.4, 0.5) is 5.69 Å². The van der Waals surface area contributed by atoms with Crippen molar-refractivity contribution < 1.29 is 28.2 Å². The molecule has 0 bridgehead atoms. The van der Waals surface area contributed by atoms with Crippen LogP contribution in [-0.4, -0.2) is 32.7 Å². The Morgan fingerprint density at radius 2 is 1.83 bits per heavy atom. The summed E-state index contributed by atoms with van der Waals surface area (Å²) in [4.78, 5) is 24.3. The standard InChI is InChI=1S/C21H18ClNO6/c1-26-13-7-8-16(19(11-13)27-2)23-20(24)12-28-21(25)18-10-9-17(29-18)14-5-3-4-6-15(14)22/h3-11H,12H2,1-2H3,(H,23,24). The average molecular weight is 416 g/mol. The quantitative estimate of drug-likeness (QED) is 0.575. The van der Waals surface area contributed by atoms with E-state index < -0.39 is 18.5 Å². The fourth-order valence-electron chi connectivity index (χ4n) is 2.54. The number of anilines is 1. The highest BCUT2D eigenvalue weighted by Crippen LogP contribution is 2.30. The number of ether oxygens (including phenoxy) is 3. The zero-order valence-corrected chi connectivity index (χ0v) is 16.5. The van der Waals surface area contributed by atoms with Crippen LogP contribution in [0.25, 0.3) is 11.3 Å². The van der Waals surface area contributed by atoms with Gasteiger partial charge >= 0.3 is 5.97 Å². The van der Waals surface area contributed by atoms with Crippen LogP contribution in [-0.2, 0) is 9.53 Å². The van der Waals surface area contributed by atoms with Crippen molar-refractivity contribution in [2.24, 2.45) is 0 Å². The van der Waals surface area contributed by atoms with Crippen LogP contribution in [0.2, 0.25) is 5.02 Å². The van der Waals surface area contributed by atoms with Gasteiger partial charge in [0.1, 0.15) is 17.3 Å². The zero-order chi connectivity index (χ0) is 20.8. The molecule has 29 heavy (non-hydrogen) atoms. The summed E-state index contributed by atoms with van der Waals surface area (Å²) in [7, 11) is 3.00. The van der Waals surface area contributed by atoms with Crippen LogP contribution in [0.3, 0.4) is 0 Å². The Kier molecular flexibility index (Phi) is 6.41. The predicted octanol–water partition coefficient (Wildman–Crippen LogP) is 4.41. The summed E-state index contributed by atoms with van der Waals surface area (Å²) in [5.41, 5.74) is 1.07. The van der Waals surface area contributed by atoms with E-state index in [1.54, 1.807) is 48.5 Å². The van der Waals surface area contributed by atoms with Crippen LogP contribution >= 0.6 is 11.6 Å². The fourth-order valence-corrected chi connectivity index (χ4v) is 2.77. The van der Waals surface area contributed by atoms with Gasteiger partial charge in [-0.2, -0.15) is 0 Å². The maximum Gasteiger partial charge on any atom is 0.374 e. The van der Waals surface area contributed by atoms with Gasteiger partial charge in [0.05, 0.1) is 24.9 Å². The van der Waals surface area contributed by atoms with E-state index in [-0.39, 0.29) is 5.76 Å². The lowest BCUT2D eigenvalue weighted by Gasteiger charge is -2.11. The summed E-state index contributed by atoms with van der Waals surface area (Å²) in [6.45, 7) is -0.490. The van der Waals surface area contributed by atoms with Gasteiger partial charge in [-0.05, 0) is 36.4 Å². The molecule has 0 fully saturated rings. The molecule has 150 valence electrons. The van der Waals surface area contributed by atoms with E-state index in [2.05, 4.69) is 5.32 Å². The Morgan fingerprint density at radius 3 is 2.55 bits per heavy atom. The molecule has 0 aliphatic heterocycles. The molecule has 2 aromatic carbocycles. The number of methoxy groups -OCH3 is 2. The van der Waals surface area contributed by atoms with Crippen molar-refractivity contribution in [3.63, 3.8) is 0 Å². The monoisotopic (exact) mass is 415 g/mol. The number of hydrogen-bond acceptors (Lipinski definition) is 6. The highest BCUT2D eigenvalue weighted by atomic mass is 35.5. The van der Waals surface area contributed by atoms with Gasteiger partial charge < -0.3 is 23.9 Å². The first-order valence-corrected chi connectivity index (χ1v) is 8.93. The van der Waals surface area contributed by atoms with Crippen molar-refractivity contribution in [3.05, 3.63) is 65.4 Å². The van der Waals surface area contributed by atoms with Crippen molar-refractivity contribution >= 4 is 29.2 Å². The minimum atomic E-state index is -0.764. The van der Waals surface area contributed by atoms with Crippen LogP contribution in [0.5, 0.6) is 11.5 Å². The number of carbonyl (C=O) groups is 2. The van der Waals surface area contributed by atoms with Gasteiger partial charge in [0.25, 0.3) is 5.91 Å². The number of carbonyl (C=O) groups excluding carboxylic acids is 2. The Labute approximate surface area is 172 Å². The third kappa shape index (κ3) is 4.89. The van der Waals surface area contributed by atoms with Crippen molar-refractivity contribution in [3.8, 4) is 22.8 Å². The number of amides is 1. The van der Waals surface area contributed by atoms with E-state index in [9.17, 15) is 9.59 Å². The van der Waals surface area contributed by atoms with Crippen LogP contribution in [0.1, 0.15) is 10.6 Å². The third-order valence-electron chi connectivity index (χ3n) is 3.96. The SMILES string of the molecule is COc1ccc(NC(=O)COC(=O)c2ccc(-c3ccccc3Cl)o2)c(OC)c1. The minimum Gasteiger partial charge on any atom is -0.497 e. The number of rotatable bonds is 7. The Hall–Kier alpha value is -3.45. The van der Waals surface area contributed by atoms with Crippen LogP contribution in [0.15, 0.2) is 59.0 Å². The van der Waals surface area contributed by atoms with E-state index in [0.29, 0.717) is 33.5 Å². The van der Waals surface area contributed by atoms with E-state index >= 15 is 0 Å². The smallest absolute Gasteiger partial charge is 0.374 e. The first kappa shape index (κ1) is 20.3. The number of benzene rings is 2. The highest BCUT2D eigenvalue weighted by Gasteiger charge is 2.17. The molecular formula is C21H18ClNO6. The summed E-state index contributed by atoms with van der Waals surface area (Å²) in [6.07, 6.45) is 0. The molecule has 0 aliphatic carbocycles. The number of hydrogen-bond donors (Lipinski definition) is 1. The average Bonchev–Trinajstić information content (AvgIpc) is 3.22. The lowest BCUT2D eigenvalue weighted by molar-refractivity contribution is -0.119. The molecule has 1 heterocycles. The topological polar surface area (TPSA) is 87.0 Å². The molecule has 0 saturated heterocycles. The van der Waals surface area contributed by atoms with E-state index in [0.717, 1.165) is 0 Å². The van der Waals surface area contributed by atoms with E-state index in [4.69, 9.17) is 30.2 Å². The van der Waals surface area contributed by atoms with Gasteiger partial charge in [-0.15, -0.1) is 0 Å². The molecule has 3 aromatic rings. The number of halogens is 1. The van der Waals surface area contributed by atoms with Gasteiger partial charge in [0.2, 0.25) is 5.76 Å². The lowest BCUT2D eigenvalue weighted by Crippen LogP contribution is -2.21. The summed E-state index contributed by atoms with van der Waals surface area (Å²) in [6, 6.07) is 15.1. The molecule has 3 rings (SSSR count). The van der Waals surface area contributed by atoms with E-state index in [1.807, 2.05) is 0 Å². The highest BCUT2D eigenvalue weighted by molar-refractivity contribution is 6.33. The molecule has 0 atom stereocenters. The van der Waals surface area contributed by atoms with Crippen molar-refractivity contribution in [1.29, 1.82) is 0 Å². The summed E-state index contributed by atoms with van der Waals surface area (Å²) in [5, 5.41) is 3.11. The fraction of sp³-hybridized carbons (Fsp3) is 0.143. The summed E-state index contributed by atoms with van der Waals surface area (Å²) < 4.78 is 20.8. The molecule has 8 heteroatoms. The van der Waals surface area contributed by atoms with Gasteiger partial charge in [-0.25, -0.2) is 4.79 Å². The first-order chi connectivity index (χ1) is 14.0. The minimum absolute atomic E-state index is 0.0326. The maximum absolute atomic E-state index is 12.2. The van der Waals surface area contributed by atoms with Gasteiger partial charge in [-0.3, -0.25) is 4.79 Å². The first-order valence-electron chi connectivity index (χ1n) is 8.55. The van der Waals surface area contributed by atoms with Gasteiger partial charge in [-0.1, -0.05) is 23.7 Å². The molecule has 0 spiro atoms. The number of esters is 1. The van der Waals surface area contributed by atoms with Gasteiger partial charge in [0, 0.05) is 11.6 Å². The molecule has 1 amide bonds. The Bertz CT molecular complexity index is 1030. The molecule has 1 aromatic heterocycles. The molecule has 0 saturated carbocycles. The third-order valence-corrected chi connectivity index (χ3v) is 4.29. The second-order valence-electron chi connectivity index (χ2n) is 5.83. The summed E-state index contributed by atoms with van der Waals surface area (Å²) >= 11 is 6.12. The molecule has 0 aliphatic rings. The maximum atomic E-state index is 12.2. The number of furan rings is 1. The molecule has 0 unspecified atom stereocenters. The Morgan fingerprint density at radius 1 is 1.03 bits per heavy atom. The van der Waals surface area contributed by atoms with Crippen molar-refractivity contribution in [2.45, 2.75) is 0 Å². The van der Waals surface area contributed by atoms with Crippen molar-refractivity contribution in [1.82, 2.24) is 0 Å². The van der Waals surface area contributed by atoms with E-state index in [1.165, 1.54) is 20.3 Å². The molecule has 7 nitrogen and oxygen atoms in total. The second kappa shape index (κ2) is 9.16. The lowest BCUT2D eigenvalue weighted by atomic mass is 10.2. The van der Waals surface area contributed by atoms with Crippen LogP contribution < -0.4 is 14.8 Å². The van der Waals surface area contributed by atoms with Gasteiger partial charge in [0.15, 0.2) is 6.61 Å². The second-order valence-corrected chi connectivity index (χ2v) is 6.24. The number of nitrogens with one attached hydrogen (secondary N) is 1. The van der Waals surface area contributed by atoms with Crippen LogP contribution in [0, 0.1) is 0 Å². The normalized spacial score (nSPS) is 10.3. The summed E-state index contributed by atoms with van der Waals surface area (Å²) in [5.74, 6) is 0.0995. The molecular weight excluding hydrogens is 398 g/mol. The zero-order valence-electron chi connectivity index (χ0n) is 15.7. The molecule has 0 radical (unpaired) electrons. The Balaban J connectivity index is 1.60. The van der Waals surface area contributed by atoms with Crippen molar-refractivity contribution in [2.75, 3.05) is 26.1 Å². The predicted molar refractivity (Wildman–Crippen MR) is 108 cm³/mol. The molecule has 1 N–H and O–H groups in total.